The molecule has 2 aliphatic heterocycles. The first kappa shape index (κ1) is 13.3. The lowest BCUT2D eigenvalue weighted by molar-refractivity contribution is -0.132. The van der Waals surface area contributed by atoms with E-state index >= 15 is 0 Å². The van der Waals surface area contributed by atoms with Crippen molar-refractivity contribution in [1.29, 1.82) is 0 Å². The number of hydrogen-bond donors (Lipinski definition) is 1. The first-order valence-electron chi connectivity index (χ1n) is 7.15. The van der Waals surface area contributed by atoms with Gasteiger partial charge in [0.2, 0.25) is 11.8 Å². The number of rotatable bonds is 1. The molecule has 0 unspecified atom stereocenters. The Bertz CT molecular complexity index is 558. The summed E-state index contributed by atoms with van der Waals surface area (Å²) in [4.78, 5) is 26.2. The molecular formula is C16H20N2O2. The fourth-order valence-electron chi connectivity index (χ4n) is 3.17. The second-order valence-corrected chi connectivity index (χ2v) is 6.48. The molecule has 2 aliphatic rings. The fraction of sp³-hybridized carbons (Fsp3) is 0.500. The monoisotopic (exact) mass is 272 g/mol. The molecule has 106 valence electrons. The molecule has 1 aromatic rings. The summed E-state index contributed by atoms with van der Waals surface area (Å²) in [5.74, 6) is -0.142. The van der Waals surface area contributed by atoms with E-state index in [1.165, 1.54) is 10.5 Å². The van der Waals surface area contributed by atoms with E-state index in [1.54, 1.807) is 0 Å². The molecule has 0 radical (unpaired) electrons. The average Bonchev–Trinajstić information content (AvgIpc) is 2.36. The second-order valence-electron chi connectivity index (χ2n) is 6.48. The number of carbonyl (C=O) groups excluding carboxylic acids is 2. The number of piperidine rings is 1. The summed E-state index contributed by atoms with van der Waals surface area (Å²) in [5, 5.41) is 3.32. The highest BCUT2D eigenvalue weighted by Gasteiger charge is 2.39. The number of nitrogens with zero attached hydrogens (tertiary/aromatic N) is 1. The molecule has 1 N–H and O–H groups in total. The van der Waals surface area contributed by atoms with Crippen molar-refractivity contribution in [3.63, 3.8) is 0 Å². The number of anilines is 1. The smallest absolute Gasteiger partial charge is 0.234 e. The lowest BCUT2D eigenvalue weighted by atomic mass is 9.81. The third-order valence-corrected chi connectivity index (χ3v) is 4.11. The topological polar surface area (TPSA) is 49.4 Å². The van der Waals surface area contributed by atoms with E-state index in [4.69, 9.17) is 0 Å². The Hall–Kier alpha value is -1.68. The van der Waals surface area contributed by atoms with E-state index in [0.717, 1.165) is 30.8 Å². The Labute approximate surface area is 119 Å². The predicted octanol–water partition coefficient (Wildman–Crippen LogP) is 2.01. The molecule has 0 aliphatic carbocycles. The minimum Gasteiger partial charge on any atom is -0.312 e. The quantitative estimate of drug-likeness (QED) is 0.796. The van der Waals surface area contributed by atoms with E-state index < -0.39 is 0 Å². The minimum absolute atomic E-state index is 0.0711. The van der Waals surface area contributed by atoms with Gasteiger partial charge in [0.25, 0.3) is 0 Å². The molecule has 3 rings (SSSR count). The van der Waals surface area contributed by atoms with Gasteiger partial charge in [-0.05, 0) is 35.6 Å². The highest BCUT2D eigenvalue weighted by atomic mass is 16.2. The number of benzene rings is 1. The first-order chi connectivity index (χ1) is 9.48. The Balaban J connectivity index is 2.01. The molecule has 1 saturated heterocycles. The van der Waals surface area contributed by atoms with Crippen LogP contribution in [0.5, 0.6) is 0 Å². The van der Waals surface area contributed by atoms with Crippen molar-refractivity contribution in [3.05, 3.63) is 29.3 Å². The summed E-state index contributed by atoms with van der Waals surface area (Å²) in [6, 6.07) is 5.90. The summed E-state index contributed by atoms with van der Waals surface area (Å²) in [7, 11) is 0. The van der Waals surface area contributed by atoms with Gasteiger partial charge < -0.3 is 5.32 Å². The standard InChI is InChI=1S/C16H20N2O2/c1-16(2)8-14(19)18(15(20)9-16)13-5-3-4-11-10-17-7-6-12(11)13/h3-5,17H,6-10H2,1-2H3. The lowest BCUT2D eigenvalue weighted by Gasteiger charge is -2.36. The molecule has 1 fully saturated rings. The Morgan fingerprint density at radius 2 is 1.85 bits per heavy atom. The van der Waals surface area contributed by atoms with E-state index in [1.807, 2.05) is 26.0 Å². The predicted molar refractivity (Wildman–Crippen MR) is 77.4 cm³/mol. The van der Waals surface area contributed by atoms with Gasteiger partial charge in [-0.3, -0.25) is 14.5 Å². The van der Waals surface area contributed by atoms with Crippen LogP contribution >= 0.6 is 0 Å². The zero-order valence-electron chi connectivity index (χ0n) is 12.0. The molecule has 0 saturated carbocycles. The maximum absolute atomic E-state index is 12.4. The van der Waals surface area contributed by atoms with Gasteiger partial charge in [-0.25, -0.2) is 0 Å². The Morgan fingerprint density at radius 3 is 2.55 bits per heavy atom. The number of amides is 2. The number of hydrogen-bond acceptors (Lipinski definition) is 3. The highest BCUT2D eigenvalue weighted by Crippen LogP contribution is 2.36. The van der Waals surface area contributed by atoms with Crippen molar-refractivity contribution in [2.75, 3.05) is 11.4 Å². The zero-order valence-corrected chi connectivity index (χ0v) is 12.0. The van der Waals surface area contributed by atoms with Crippen LogP contribution in [0.25, 0.3) is 0 Å². The summed E-state index contributed by atoms with van der Waals surface area (Å²) in [6.07, 6.45) is 1.73. The van der Waals surface area contributed by atoms with Crippen molar-refractivity contribution in [2.45, 2.75) is 39.7 Å². The molecule has 0 aromatic heterocycles. The van der Waals surface area contributed by atoms with E-state index in [-0.39, 0.29) is 17.2 Å². The Kier molecular flexibility index (Phi) is 3.13. The molecule has 2 heterocycles. The summed E-state index contributed by atoms with van der Waals surface area (Å²) >= 11 is 0. The number of nitrogens with one attached hydrogen (secondary N) is 1. The summed E-state index contributed by atoms with van der Waals surface area (Å²) in [6.45, 7) is 5.66. The molecule has 2 amide bonds. The van der Waals surface area contributed by atoms with Gasteiger partial charge in [-0.2, -0.15) is 0 Å². The maximum Gasteiger partial charge on any atom is 0.234 e. The van der Waals surface area contributed by atoms with Gasteiger partial charge in [0.1, 0.15) is 0 Å². The molecular weight excluding hydrogens is 252 g/mol. The van der Waals surface area contributed by atoms with Crippen LogP contribution in [-0.4, -0.2) is 18.4 Å². The Morgan fingerprint density at radius 1 is 1.15 bits per heavy atom. The fourth-order valence-corrected chi connectivity index (χ4v) is 3.17. The number of fused-ring (bicyclic) bond motifs is 1. The van der Waals surface area contributed by atoms with Crippen LogP contribution in [0.3, 0.4) is 0 Å². The summed E-state index contributed by atoms with van der Waals surface area (Å²) in [5.41, 5.74) is 2.92. The van der Waals surface area contributed by atoms with Gasteiger partial charge in [0, 0.05) is 19.4 Å². The zero-order chi connectivity index (χ0) is 14.3. The van der Waals surface area contributed by atoms with Crippen LogP contribution in [0.15, 0.2) is 18.2 Å². The van der Waals surface area contributed by atoms with Crippen LogP contribution in [-0.2, 0) is 22.6 Å². The van der Waals surface area contributed by atoms with Crippen molar-refractivity contribution in [3.8, 4) is 0 Å². The normalized spacial score (nSPS) is 21.8. The molecule has 0 bridgehead atoms. The number of carbonyl (C=O) groups is 2. The highest BCUT2D eigenvalue weighted by molar-refractivity contribution is 6.17. The second kappa shape index (κ2) is 4.70. The van der Waals surface area contributed by atoms with E-state index in [9.17, 15) is 9.59 Å². The molecule has 20 heavy (non-hydrogen) atoms. The summed E-state index contributed by atoms with van der Waals surface area (Å²) < 4.78 is 0. The largest absolute Gasteiger partial charge is 0.312 e. The maximum atomic E-state index is 12.4. The average molecular weight is 272 g/mol. The van der Waals surface area contributed by atoms with Crippen LogP contribution < -0.4 is 10.2 Å². The van der Waals surface area contributed by atoms with E-state index in [2.05, 4.69) is 11.4 Å². The first-order valence-corrected chi connectivity index (χ1v) is 7.15. The van der Waals surface area contributed by atoms with Gasteiger partial charge in [-0.15, -0.1) is 0 Å². The van der Waals surface area contributed by atoms with Crippen LogP contribution in [0.1, 0.15) is 37.8 Å². The van der Waals surface area contributed by atoms with Gasteiger partial charge in [0.05, 0.1) is 5.69 Å². The minimum atomic E-state index is -0.221. The van der Waals surface area contributed by atoms with Gasteiger partial charge in [-0.1, -0.05) is 26.0 Å². The van der Waals surface area contributed by atoms with Crippen LogP contribution in [0.4, 0.5) is 5.69 Å². The van der Waals surface area contributed by atoms with Crippen molar-refractivity contribution >= 4 is 17.5 Å². The molecule has 0 atom stereocenters. The third kappa shape index (κ3) is 2.24. The van der Waals surface area contributed by atoms with E-state index in [0.29, 0.717) is 12.8 Å². The van der Waals surface area contributed by atoms with Crippen molar-refractivity contribution in [2.24, 2.45) is 5.41 Å². The third-order valence-electron chi connectivity index (χ3n) is 4.11. The van der Waals surface area contributed by atoms with Crippen LogP contribution in [0.2, 0.25) is 0 Å². The van der Waals surface area contributed by atoms with Crippen LogP contribution in [0, 0.1) is 5.41 Å². The van der Waals surface area contributed by atoms with Crippen molar-refractivity contribution in [1.82, 2.24) is 5.32 Å². The molecule has 1 aromatic carbocycles. The molecule has 4 heteroatoms. The number of imide groups is 1. The molecule has 4 nitrogen and oxygen atoms in total. The van der Waals surface area contributed by atoms with Gasteiger partial charge in [0.15, 0.2) is 0 Å². The SMILES string of the molecule is CC1(C)CC(=O)N(c2cccc3c2CCNC3)C(=O)C1. The van der Waals surface area contributed by atoms with Gasteiger partial charge >= 0.3 is 0 Å². The lowest BCUT2D eigenvalue weighted by Crippen LogP contribution is -2.47. The van der Waals surface area contributed by atoms with Crippen molar-refractivity contribution < 1.29 is 9.59 Å². The molecule has 0 spiro atoms.